The molecule has 0 saturated carbocycles. The number of hydrogen-bond acceptors (Lipinski definition) is 7. The summed E-state index contributed by atoms with van der Waals surface area (Å²) in [5.41, 5.74) is 8.74. The number of aromatic amines is 1. The van der Waals surface area contributed by atoms with Crippen LogP contribution in [-0.2, 0) is 16.0 Å². The van der Waals surface area contributed by atoms with Crippen LogP contribution in [0.3, 0.4) is 0 Å². The smallest absolute Gasteiger partial charge is 0.410 e. The third-order valence-corrected chi connectivity index (χ3v) is 10.3. The number of aromatic nitrogens is 3. The number of halogens is 1. The molecule has 2 aromatic carbocycles. The van der Waals surface area contributed by atoms with Gasteiger partial charge in [-0.3, -0.25) is 9.78 Å². The number of anilines is 1. The molecule has 46 heavy (non-hydrogen) atoms. The van der Waals surface area contributed by atoms with Crippen molar-refractivity contribution in [1.29, 1.82) is 0 Å². The molecule has 11 nitrogen and oxygen atoms in total. The average molecular weight is 650 g/mol. The van der Waals surface area contributed by atoms with Gasteiger partial charge >= 0.3 is 11.8 Å². The maximum absolute atomic E-state index is 13.9. The van der Waals surface area contributed by atoms with Crippen molar-refractivity contribution >= 4 is 29.3 Å². The number of rotatable bonds is 7. The first-order valence-corrected chi connectivity index (χ1v) is 16.9. The molecule has 3 aliphatic heterocycles. The lowest BCUT2D eigenvalue weighted by Gasteiger charge is -2.39. The van der Waals surface area contributed by atoms with Crippen LogP contribution in [0.4, 0.5) is 10.5 Å². The van der Waals surface area contributed by atoms with Crippen molar-refractivity contribution in [3.8, 4) is 11.4 Å². The van der Waals surface area contributed by atoms with Crippen LogP contribution in [0.1, 0.15) is 55.7 Å². The van der Waals surface area contributed by atoms with E-state index in [0.717, 1.165) is 42.6 Å². The Morgan fingerprint density at radius 3 is 2.30 bits per heavy atom. The highest BCUT2D eigenvalue weighted by Crippen LogP contribution is 2.32. The van der Waals surface area contributed by atoms with E-state index in [0.29, 0.717) is 67.4 Å². The second-order valence-electron chi connectivity index (χ2n) is 12.9. The lowest BCUT2D eigenvalue weighted by Crippen LogP contribution is -2.49. The summed E-state index contributed by atoms with van der Waals surface area (Å²) in [5.74, 6) is 1.68. The van der Waals surface area contributed by atoms with Crippen LogP contribution in [-0.4, -0.2) is 81.9 Å². The number of ether oxygens (including phenoxy) is 1. The average Bonchev–Trinajstić information content (AvgIpc) is 3.48. The minimum absolute atomic E-state index is 0.149. The van der Waals surface area contributed by atoms with E-state index in [1.54, 1.807) is 11.0 Å². The largest absolute Gasteiger partial charge is 0.436 e. The van der Waals surface area contributed by atoms with Crippen LogP contribution in [0.15, 0.2) is 47.3 Å². The van der Waals surface area contributed by atoms with Gasteiger partial charge in [0.05, 0.1) is 16.8 Å². The van der Waals surface area contributed by atoms with E-state index in [-0.39, 0.29) is 24.1 Å². The number of carbonyl (C=O) groups excluding carboxylic acids is 2. The SMILES string of the molecule is Cc1cc(C[C@@H](OC(=O)N2CCC(n3nc(-c4ccccc4)[nH]c3=O)CC2)C(=O)N2CCC(C3CCNCC3)CC2)cc(Cl)c1N. The second kappa shape index (κ2) is 14.3. The van der Waals surface area contributed by atoms with Gasteiger partial charge in [0.25, 0.3) is 5.91 Å². The van der Waals surface area contributed by atoms with E-state index in [9.17, 15) is 14.4 Å². The summed E-state index contributed by atoms with van der Waals surface area (Å²) in [7, 11) is 0. The molecular formula is C34H44ClN7O4. The molecule has 12 heteroatoms. The molecule has 2 amide bonds. The van der Waals surface area contributed by atoms with Crippen LogP contribution in [0.2, 0.25) is 5.02 Å². The second-order valence-corrected chi connectivity index (χ2v) is 13.3. The number of benzene rings is 2. The molecule has 3 aromatic rings. The van der Waals surface area contributed by atoms with Crippen molar-refractivity contribution in [2.24, 2.45) is 11.8 Å². The summed E-state index contributed by atoms with van der Waals surface area (Å²) >= 11 is 6.39. The van der Waals surface area contributed by atoms with Crippen molar-refractivity contribution in [3.63, 3.8) is 0 Å². The Hall–Kier alpha value is -3.83. The van der Waals surface area contributed by atoms with Gasteiger partial charge in [0.1, 0.15) is 0 Å². The van der Waals surface area contributed by atoms with E-state index in [2.05, 4.69) is 15.4 Å². The zero-order valence-corrected chi connectivity index (χ0v) is 27.2. The summed E-state index contributed by atoms with van der Waals surface area (Å²) in [5, 5.41) is 8.40. The van der Waals surface area contributed by atoms with Gasteiger partial charge in [0.15, 0.2) is 11.9 Å². The number of piperidine rings is 3. The van der Waals surface area contributed by atoms with Crippen LogP contribution in [0, 0.1) is 18.8 Å². The van der Waals surface area contributed by atoms with Crippen LogP contribution < -0.4 is 16.7 Å². The molecular weight excluding hydrogens is 606 g/mol. The number of hydrogen-bond donors (Lipinski definition) is 3. The van der Waals surface area contributed by atoms with Crippen LogP contribution in [0.5, 0.6) is 0 Å². The monoisotopic (exact) mass is 649 g/mol. The molecule has 0 aliphatic carbocycles. The standard InChI is InChI=1S/C34H44ClN7O4/c1-22-19-23(20-28(35)30(22)36)21-29(32(43)40-15-9-25(10-16-40)24-7-13-37-14-8-24)46-34(45)41-17-11-27(12-18-41)42-33(44)38-31(39-42)26-5-3-2-4-6-26/h2-6,19-20,24-25,27,29,37H,7-18,21,36H2,1H3,(H,38,39,44)/t29-/m1/s1. The first-order chi connectivity index (χ1) is 22.3. The van der Waals surface area contributed by atoms with Gasteiger partial charge in [-0.25, -0.2) is 14.3 Å². The number of amides is 2. The highest BCUT2D eigenvalue weighted by Gasteiger charge is 2.35. The van der Waals surface area contributed by atoms with Crippen molar-refractivity contribution in [2.45, 2.75) is 64.0 Å². The molecule has 4 N–H and O–H groups in total. The number of nitrogen functional groups attached to an aromatic ring is 1. The Labute approximate surface area is 274 Å². The first kappa shape index (κ1) is 32.1. The molecule has 3 saturated heterocycles. The van der Waals surface area contributed by atoms with Crippen LogP contribution in [0.25, 0.3) is 11.4 Å². The summed E-state index contributed by atoms with van der Waals surface area (Å²) < 4.78 is 7.50. The molecule has 1 aromatic heterocycles. The Balaban J connectivity index is 1.11. The third-order valence-electron chi connectivity index (χ3n) is 9.99. The van der Waals surface area contributed by atoms with E-state index >= 15 is 0 Å². The van der Waals surface area contributed by atoms with Crippen molar-refractivity contribution < 1.29 is 14.3 Å². The Bertz CT molecular complexity index is 1550. The number of carbonyl (C=O) groups is 2. The maximum atomic E-state index is 13.9. The molecule has 1 atom stereocenters. The van der Waals surface area contributed by atoms with E-state index < -0.39 is 12.2 Å². The van der Waals surface area contributed by atoms with Gasteiger partial charge in [0, 0.05) is 38.2 Å². The van der Waals surface area contributed by atoms with Gasteiger partial charge in [-0.05, 0) is 87.6 Å². The number of nitrogens with two attached hydrogens (primary N) is 1. The molecule has 4 heterocycles. The Morgan fingerprint density at radius 1 is 0.978 bits per heavy atom. The lowest BCUT2D eigenvalue weighted by atomic mass is 9.79. The minimum atomic E-state index is -0.984. The topological polar surface area (TPSA) is 139 Å². The summed E-state index contributed by atoms with van der Waals surface area (Å²) in [6, 6.07) is 13.0. The minimum Gasteiger partial charge on any atom is -0.436 e. The zero-order chi connectivity index (χ0) is 32.2. The molecule has 0 bridgehead atoms. The summed E-state index contributed by atoms with van der Waals surface area (Å²) in [6.45, 7) is 6.11. The highest BCUT2D eigenvalue weighted by molar-refractivity contribution is 6.33. The molecule has 0 radical (unpaired) electrons. The van der Waals surface area contributed by atoms with Crippen molar-refractivity contribution in [2.75, 3.05) is 45.0 Å². The van der Waals surface area contributed by atoms with Crippen molar-refractivity contribution in [1.82, 2.24) is 29.9 Å². The normalized spacial score (nSPS) is 19.3. The van der Waals surface area contributed by atoms with E-state index in [1.165, 1.54) is 17.5 Å². The number of nitrogens with one attached hydrogen (secondary N) is 2. The van der Waals surface area contributed by atoms with Gasteiger partial charge in [-0.15, -0.1) is 5.10 Å². The number of H-pyrrole nitrogens is 1. The number of likely N-dealkylation sites (tertiary alicyclic amines) is 2. The molecule has 6 rings (SSSR count). The predicted molar refractivity (Wildman–Crippen MR) is 178 cm³/mol. The molecule has 0 unspecified atom stereocenters. The lowest BCUT2D eigenvalue weighted by molar-refractivity contribution is -0.142. The maximum Gasteiger partial charge on any atom is 0.410 e. The molecule has 0 spiro atoms. The molecule has 3 aliphatic rings. The van der Waals surface area contributed by atoms with Gasteiger partial charge in [-0.2, -0.15) is 0 Å². The third kappa shape index (κ3) is 7.25. The van der Waals surface area contributed by atoms with Crippen molar-refractivity contribution in [3.05, 3.63) is 69.1 Å². The Kier molecular flexibility index (Phi) is 9.98. The van der Waals surface area contributed by atoms with Gasteiger partial charge in [-0.1, -0.05) is 48.0 Å². The summed E-state index contributed by atoms with van der Waals surface area (Å²) in [4.78, 5) is 46.5. The number of nitrogens with zero attached hydrogens (tertiary/aromatic N) is 4. The van der Waals surface area contributed by atoms with E-state index in [4.69, 9.17) is 22.1 Å². The van der Waals surface area contributed by atoms with Crippen LogP contribution >= 0.6 is 11.6 Å². The first-order valence-electron chi connectivity index (χ1n) is 16.5. The molecule has 246 valence electrons. The zero-order valence-electron chi connectivity index (χ0n) is 26.4. The highest BCUT2D eigenvalue weighted by atomic mass is 35.5. The van der Waals surface area contributed by atoms with Gasteiger partial charge in [0.2, 0.25) is 0 Å². The number of aryl methyl sites for hydroxylation is 1. The quantitative estimate of drug-likeness (QED) is 0.323. The van der Waals surface area contributed by atoms with E-state index in [1.807, 2.05) is 48.2 Å². The fourth-order valence-corrected chi connectivity index (χ4v) is 7.54. The fourth-order valence-electron chi connectivity index (χ4n) is 7.25. The Morgan fingerprint density at radius 2 is 1.63 bits per heavy atom. The summed E-state index contributed by atoms with van der Waals surface area (Å²) in [6.07, 6.45) is 4.10. The fraction of sp³-hybridized carbons (Fsp3) is 0.529. The molecule has 3 fully saturated rings. The predicted octanol–water partition coefficient (Wildman–Crippen LogP) is 4.41. The van der Waals surface area contributed by atoms with Gasteiger partial charge < -0.3 is 25.6 Å².